The molecule has 0 aliphatic carbocycles. The van der Waals surface area contributed by atoms with Gasteiger partial charge in [0.1, 0.15) is 12.6 Å². The van der Waals surface area contributed by atoms with E-state index in [0.717, 1.165) is 6.42 Å². The van der Waals surface area contributed by atoms with Crippen molar-refractivity contribution >= 4 is 29.5 Å². The van der Waals surface area contributed by atoms with Gasteiger partial charge in [0.15, 0.2) is 0 Å². The second kappa shape index (κ2) is 7.94. The maximum atomic E-state index is 12.2. The lowest BCUT2D eigenvalue weighted by Crippen LogP contribution is -2.48. The van der Waals surface area contributed by atoms with Crippen LogP contribution in [0.15, 0.2) is 11.6 Å². The lowest BCUT2D eigenvalue weighted by atomic mass is 10.2. The molecule has 1 heterocycles. The average Bonchev–Trinajstić information content (AvgIpc) is 2.93. The van der Waals surface area contributed by atoms with E-state index in [1.54, 1.807) is 11.8 Å². The highest BCUT2D eigenvalue weighted by atomic mass is 32.2. The molecule has 1 fully saturated rings. The molecule has 1 atom stereocenters. The highest BCUT2D eigenvalue weighted by molar-refractivity contribution is 7.99. The molecule has 6 nitrogen and oxygen atoms in total. The number of rotatable bonds is 5. The summed E-state index contributed by atoms with van der Waals surface area (Å²) in [4.78, 5) is 36.8. The third-order valence-corrected chi connectivity index (χ3v) is 3.94. The summed E-state index contributed by atoms with van der Waals surface area (Å²) in [7, 11) is 1.26. The molecule has 0 bridgehead atoms. The molecule has 7 heteroatoms. The van der Waals surface area contributed by atoms with Crippen molar-refractivity contribution in [2.75, 3.05) is 25.3 Å². The fourth-order valence-electron chi connectivity index (χ4n) is 1.83. The van der Waals surface area contributed by atoms with Crippen molar-refractivity contribution in [2.45, 2.75) is 26.3 Å². The number of ether oxygens (including phenoxy) is 1. The summed E-state index contributed by atoms with van der Waals surface area (Å²) >= 11 is 1.52. The smallest absolute Gasteiger partial charge is 0.325 e. The van der Waals surface area contributed by atoms with Gasteiger partial charge in [-0.1, -0.05) is 13.0 Å². The Morgan fingerprint density at radius 3 is 2.75 bits per heavy atom. The Balaban J connectivity index is 2.65. The fourth-order valence-corrected chi connectivity index (χ4v) is 2.98. The molecule has 1 rings (SSSR count). The number of methoxy groups -OCH3 is 1. The minimum atomic E-state index is -0.530. The summed E-state index contributed by atoms with van der Waals surface area (Å²) < 4.78 is 4.46. The molecule has 112 valence electrons. The first-order chi connectivity index (χ1) is 9.51. The normalized spacial score (nSPS) is 18.9. The van der Waals surface area contributed by atoms with Crippen molar-refractivity contribution in [3.8, 4) is 0 Å². The molecule has 0 spiro atoms. The summed E-state index contributed by atoms with van der Waals surface area (Å²) in [5, 5.41) is 2.49. The molecule has 0 saturated carbocycles. The first kappa shape index (κ1) is 16.6. The quantitative estimate of drug-likeness (QED) is 0.592. The van der Waals surface area contributed by atoms with E-state index in [2.05, 4.69) is 10.1 Å². The van der Waals surface area contributed by atoms with Crippen LogP contribution in [-0.4, -0.2) is 54.0 Å². The van der Waals surface area contributed by atoms with Gasteiger partial charge in [0.2, 0.25) is 5.91 Å². The van der Waals surface area contributed by atoms with Gasteiger partial charge in [-0.3, -0.25) is 14.4 Å². The third kappa shape index (κ3) is 4.26. The van der Waals surface area contributed by atoms with Crippen molar-refractivity contribution in [3.63, 3.8) is 0 Å². The molecule has 1 aliphatic rings. The molecule has 2 amide bonds. The molecule has 0 radical (unpaired) electrons. The van der Waals surface area contributed by atoms with Crippen LogP contribution in [0.2, 0.25) is 0 Å². The highest BCUT2D eigenvalue weighted by Crippen LogP contribution is 2.23. The zero-order chi connectivity index (χ0) is 15.1. The zero-order valence-electron chi connectivity index (χ0n) is 12.0. The van der Waals surface area contributed by atoms with Gasteiger partial charge in [0, 0.05) is 11.3 Å². The number of allylic oxidation sites excluding steroid dienone is 1. The molecule has 0 aromatic carbocycles. The van der Waals surface area contributed by atoms with Crippen LogP contribution in [-0.2, 0) is 19.1 Å². The predicted molar refractivity (Wildman–Crippen MR) is 77.0 cm³/mol. The van der Waals surface area contributed by atoms with Gasteiger partial charge in [-0.05, 0) is 13.3 Å². The molecule has 0 aromatic rings. The van der Waals surface area contributed by atoms with Crippen LogP contribution >= 0.6 is 11.8 Å². The SMILES string of the molecule is CC/C=C(\C)C(=O)N1CSC[C@H]1C(=O)NCC(=O)OC. The molecule has 1 aliphatic heterocycles. The average molecular weight is 300 g/mol. The van der Waals surface area contributed by atoms with Crippen LogP contribution in [0.3, 0.4) is 0 Å². The number of thioether (sulfide) groups is 1. The molecular weight excluding hydrogens is 280 g/mol. The van der Waals surface area contributed by atoms with Crippen LogP contribution in [0.25, 0.3) is 0 Å². The summed E-state index contributed by atoms with van der Waals surface area (Å²) in [6, 6.07) is -0.530. The van der Waals surface area contributed by atoms with Gasteiger partial charge in [0.25, 0.3) is 5.91 Å². The Bertz CT molecular complexity index is 423. The van der Waals surface area contributed by atoms with Crippen molar-refractivity contribution in [2.24, 2.45) is 0 Å². The summed E-state index contributed by atoms with van der Waals surface area (Å²) in [5.41, 5.74) is 0.640. The van der Waals surface area contributed by atoms with E-state index in [0.29, 0.717) is 17.2 Å². The van der Waals surface area contributed by atoms with Crippen molar-refractivity contribution in [1.29, 1.82) is 0 Å². The molecule has 1 saturated heterocycles. The van der Waals surface area contributed by atoms with E-state index in [1.165, 1.54) is 18.9 Å². The first-order valence-electron chi connectivity index (χ1n) is 6.41. The molecule has 0 unspecified atom stereocenters. The largest absolute Gasteiger partial charge is 0.468 e. The standard InChI is InChI=1S/C13H20N2O4S/c1-4-5-9(2)13(18)15-8-20-7-10(15)12(17)14-6-11(16)19-3/h5,10H,4,6-8H2,1-3H3,(H,14,17)/b9-5+/t10-/m0/s1. The number of carbonyl (C=O) groups is 3. The minimum absolute atomic E-state index is 0.130. The highest BCUT2D eigenvalue weighted by Gasteiger charge is 2.35. The van der Waals surface area contributed by atoms with Crippen molar-refractivity contribution < 1.29 is 19.1 Å². The lowest BCUT2D eigenvalue weighted by Gasteiger charge is -2.23. The topological polar surface area (TPSA) is 75.7 Å². The number of nitrogens with zero attached hydrogens (tertiary/aromatic N) is 1. The van der Waals surface area contributed by atoms with Crippen LogP contribution in [0, 0.1) is 0 Å². The molecular formula is C13H20N2O4S. The Hall–Kier alpha value is -1.50. The first-order valence-corrected chi connectivity index (χ1v) is 7.56. The second-order valence-corrected chi connectivity index (χ2v) is 5.38. The third-order valence-electron chi connectivity index (χ3n) is 2.93. The summed E-state index contributed by atoms with van der Waals surface area (Å²) in [6.07, 6.45) is 2.62. The predicted octanol–water partition coefficient (Wildman–Crippen LogP) is 0.533. The van der Waals surface area contributed by atoms with E-state index in [1.807, 2.05) is 13.0 Å². The van der Waals surface area contributed by atoms with Gasteiger partial charge in [-0.25, -0.2) is 0 Å². The van der Waals surface area contributed by atoms with Gasteiger partial charge in [0.05, 0.1) is 13.0 Å². The Morgan fingerprint density at radius 1 is 1.45 bits per heavy atom. The van der Waals surface area contributed by atoms with E-state index < -0.39 is 12.0 Å². The van der Waals surface area contributed by atoms with Crippen LogP contribution in [0.4, 0.5) is 0 Å². The van der Waals surface area contributed by atoms with E-state index in [-0.39, 0.29) is 18.4 Å². The number of hydrogen-bond donors (Lipinski definition) is 1. The number of hydrogen-bond acceptors (Lipinski definition) is 5. The van der Waals surface area contributed by atoms with Gasteiger partial charge < -0.3 is 15.0 Å². The van der Waals surface area contributed by atoms with Crippen LogP contribution in [0.5, 0.6) is 0 Å². The fraction of sp³-hybridized carbons (Fsp3) is 0.615. The Kier molecular flexibility index (Phi) is 6.57. The zero-order valence-corrected chi connectivity index (χ0v) is 12.8. The van der Waals surface area contributed by atoms with Gasteiger partial charge in [-0.2, -0.15) is 0 Å². The number of nitrogens with one attached hydrogen (secondary N) is 1. The van der Waals surface area contributed by atoms with Crippen LogP contribution < -0.4 is 5.32 Å². The lowest BCUT2D eigenvalue weighted by molar-refractivity contribution is -0.142. The monoisotopic (exact) mass is 300 g/mol. The van der Waals surface area contributed by atoms with E-state index in [4.69, 9.17) is 0 Å². The van der Waals surface area contributed by atoms with Gasteiger partial charge in [-0.15, -0.1) is 11.8 Å². The molecule has 0 aromatic heterocycles. The van der Waals surface area contributed by atoms with Crippen molar-refractivity contribution in [3.05, 3.63) is 11.6 Å². The number of esters is 1. The number of amides is 2. The van der Waals surface area contributed by atoms with Crippen LogP contribution in [0.1, 0.15) is 20.3 Å². The second-order valence-electron chi connectivity index (χ2n) is 4.38. The van der Waals surface area contributed by atoms with E-state index >= 15 is 0 Å². The molecule has 20 heavy (non-hydrogen) atoms. The van der Waals surface area contributed by atoms with Crippen molar-refractivity contribution in [1.82, 2.24) is 10.2 Å². The number of carbonyl (C=O) groups excluding carboxylic acids is 3. The molecule has 1 N–H and O–H groups in total. The maximum absolute atomic E-state index is 12.2. The Labute approximate surface area is 122 Å². The van der Waals surface area contributed by atoms with Gasteiger partial charge >= 0.3 is 5.97 Å². The maximum Gasteiger partial charge on any atom is 0.325 e. The summed E-state index contributed by atoms with van der Waals surface area (Å²) in [6.45, 7) is 3.52. The minimum Gasteiger partial charge on any atom is -0.468 e. The summed E-state index contributed by atoms with van der Waals surface area (Å²) in [5.74, 6) is 0.0689. The van der Waals surface area contributed by atoms with E-state index in [9.17, 15) is 14.4 Å². The Morgan fingerprint density at radius 2 is 2.15 bits per heavy atom.